The van der Waals surface area contributed by atoms with Crippen LogP contribution in [0.5, 0.6) is 5.75 Å². The number of pyridine rings is 1. The normalized spacial score (nSPS) is 18.9. The maximum Gasteiger partial charge on any atom is 0.256 e. The fraction of sp³-hybridized carbons (Fsp3) is 0.333. The number of hydrogen-bond acceptors (Lipinski definition) is 4. The quantitative estimate of drug-likeness (QED) is 0.924. The van der Waals surface area contributed by atoms with Gasteiger partial charge in [-0.05, 0) is 18.4 Å². The van der Waals surface area contributed by atoms with E-state index >= 15 is 0 Å². The summed E-state index contributed by atoms with van der Waals surface area (Å²) in [6, 6.07) is 10.7. The van der Waals surface area contributed by atoms with Crippen molar-refractivity contribution in [2.24, 2.45) is 0 Å². The van der Waals surface area contributed by atoms with Crippen molar-refractivity contribution < 1.29 is 14.6 Å². The highest BCUT2D eigenvalue weighted by Gasteiger charge is 2.29. The third-order valence-electron chi connectivity index (χ3n) is 4.07. The molecule has 126 valence electrons. The van der Waals surface area contributed by atoms with Crippen LogP contribution in [-0.2, 0) is 4.79 Å². The lowest BCUT2D eigenvalue weighted by atomic mass is 10.0. The third-order valence-corrected chi connectivity index (χ3v) is 4.35. The number of amides is 1. The number of aliphatic hydroxyl groups is 1. The van der Waals surface area contributed by atoms with Gasteiger partial charge >= 0.3 is 0 Å². The first kappa shape index (κ1) is 16.7. The Balaban J connectivity index is 1.65. The summed E-state index contributed by atoms with van der Waals surface area (Å²) in [4.78, 5) is 18.1. The number of carbonyl (C=O) groups excluding carboxylic acids is 1. The molecular weight excluding hydrogens is 328 g/mol. The molecule has 1 saturated heterocycles. The Bertz CT molecular complexity index is 696. The van der Waals surface area contributed by atoms with Crippen molar-refractivity contribution in [1.82, 2.24) is 9.88 Å². The summed E-state index contributed by atoms with van der Waals surface area (Å²) in [7, 11) is 0. The number of aromatic nitrogens is 1. The molecule has 1 fully saturated rings. The zero-order chi connectivity index (χ0) is 16.9. The summed E-state index contributed by atoms with van der Waals surface area (Å²) in [6.45, 7) is 1.05. The molecule has 1 aromatic heterocycles. The molecular formula is C18H19ClN2O3. The second-order valence-electron chi connectivity index (χ2n) is 5.79. The van der Waals surface area contributed by atoms with Crippen molar-refractivity contribution in [3.8, 4) is 5.75 Å². The molecule has 1 amide bonds. The first-order chi connectivity index (χ1) is 11.6. The molecule has 0 saturated carbocycles. The number of nitrogens with zero attached hydrogens (tertiary/aromatic N) is 2. The molecule has 0 radical (unpaired) electrons. The van der Waals surface area contributed by atoms with Crippen LogP contribution in [0.3, 0.4) is 0 Å². The van der Waals surface area contributed by atoms with E-state index in [0.29, 0.717) is 29.4 Å². The van der Waals surface area contributed by atoms with Crippen LogP contribution in [0.1, 0.15) is 24.5 Å². The minimum absolute atomic E-state index is 0.148. The zero-order valence-electron chi connectivity index (χ0n) is 13.1. The molecule has 0 spiro atoms. The summed E-state index contributed by atoms with van der Waals surface area (Å²) < 4.78 is 5.90. The van der Waals surface area contributed by atoms with Crippen molar-refractivity contribution in [2.45, 2.75) is 25.0 Å². The van der Waals surface area contributed by atoms with E-state index in [-0.39, 0.29) is 12.0 Å². The van der Waals surface area contributed by atoms with Gasteiger partial charge in [-0.2, -0.15) is 0 Å². The smallest absolute Gasteiger partial charge is 0.256 e. The predicted molar refractivity (Wildman–Crippen MR) is 90.9 cm³/mol. The standard InChI is InChI=1S/C18H19ClN2O3/c19-15-11-20-9-8-16(15)24-14-7-4-10-21(12-14)18(23)17(22)13-5-2-1-3-6-13/h1-3,5-6,8-9,11,14,17,22H,4,7,10,12H2. The second-order valence-corrected chi connectivity index (χ2v) is 6.19. The topological polar surface area (TPSA) is 62.7 Å². The van der Waals surface area contributed by atoms with Crippen LogP contribution >= 0.6 is 11.6 Å². The van der Waals surface area contributed by atoms with Gasteiger partial charge in [0.05, 0.1) is 6.54 Å². The lowest BCUT2D eigenvalue weighted by Gasteiger charge is -2.34. The minimum atomic E-state index is -1.14. The molecule has 24 heavy (non-hydrogen) atoms. The summed E-state index contributed by atoms with van der Waals surface area (Å²) in [6.07, 6.45) is 3.51. The number of aliphatic hydroxyl groups excluding tert-OH is 1. The van der Waals surface area contributed by atoms with Crippen molar-refractivity contribution in [1.29, 1.82) is 0 Å². The average Bonchev–Trinajstić information content (AvgIpc) is 2.63. The van der Waals surface area contributed by atoms with E-state index in [0.717, 1.165) is 12.8 Å². The molecule has 2 heterocycles. The molecule has 5 nitrogen and oxygen atoms in total. The first-order valence-electron chi connectivity index (χ1n) is 7.93. The molecule has 2 atom stereocenters. The van der Waals surface area contributed by atoms with Crippen LogP contribution < -0.4 is 4.74 Å². The van der Waals surface area contributed by atoms with Gasteiger partial charge in [-0.3, -0.25) is 9.78 Å². The van der Waals surface area contributed by atoms with E-state index in [4.69, 9.17) is 16.3 Å². The minimum Gasteiger partial charge on any atom is -0.487 e. The average molecular weight is 347 g/mol. The van der Waals surface area contributed by atoms with Gasteiger partial charge in [0.2, 0.25) is 0 Å². The van der Waals surface area contributed by atoms with E-state index in [2.05, 4.69) is 4.98 Å². The van der Waals surface area contributed by atoms with Crippen molar-refractivity contribution in [3.05, 3.63) is 59.4 Å². The van der Waals surface area contributed by atoms with Crippen LogP contribution in [0, 0.1) is 0 Å². The van der Waals surface area contributed by atoms with Gasteiger partial charge in [0.1, 0.15) is 16.9 Å². The van der Waals surface area contributed by atoms with Gasteiger partial charge in [0.25, 0.3) is 5.91 Å². The Morgan fingerprint density at radius 2 is 2.12 bits per heavy atom. The molecule has 3 rings (SSSR count). The van der Waals surface area contributed by atoms with E-state index in [1.807, 2.05) is 6.07 Å². The zero-order valence-corrected chi connectivity index (χ0v) is 13.9. The Hall–Kier alpha value is -2.11. The molecule has 1 aliphatic heterocycles. The molecule has 1 N–H and O–H groups in total. The highest BCUT2D eigenvalue weighted by molar-refractivity contribution is 6.31. The molecule has 1 aromatic carbocycles. The van der Waals surface area contributed by atoms with Gasteiger partial charge in [-0.1, -0.05) is 41.9 Å². The number of halogens is 1. The SMILES string of the molecule is O=C(C(O)c1ccccc1)N1CCCC(Oc2ccncc2Cl)C1. The molecule has 0 aliphatic carbocycles. The summed E-state index contributed by atoms with van der Waals surface area (Å²) in [5.41, 5.74) is 0.600. The predicted octanol–water partition coefficient (Wildman–Crippen LogP) is 2.84. The first-order valence-corrected chi connectivity index (χ1v) is 8.31. The van der Waals surface area contributed by atoms with Crippen molar-refractivity contribution in [3.63, 3.8) is 0 Å². The maximum absolute atomic E-state index is 12.5. The Morgan fingerprint density at radius 3 is 2.88 bits per heavy atom. The Morgan fingerprint density at radius 1 is 1.33 bits per heavy atom. The third kappa shape index (κ3) is 3.86. The van der Waals surface area contributed by atoms with Gasteiger partial charge < -0.3 is 14.7 Å². The highest BCUT2D eigenvalue weighted by atomic mass is 35.5. The summed E-state index contributed by atoms with van der Waals surface area (Å²) in [5, 5.41) is 10.7. The van der Waals surface area contributed by atoms with Gasteiger partial charge in [0, 0.05) is 25.0 Å². The lowest BCUT2D eigenvalue weighted by molar-refractivity contribution is -0.143. The van der Waals surface area contributed by atoms with Gasteiger partial charge in [-0.25, -0.2) is 0 Å². The molecule has 6 heteroatoms. The molecule has 1 aliphatic rings. The Kier molecular flexibility index (Phi) is 5.33. The number of piperidine rings is 1. The fourth-order valence-corrected chi connectivity index (χ4v) is 2.99. The van der Waals surface area contributed by atoms with Crippen LogP contribution in [-0.4, -0.2) is 40.1 Å². The highest BCUT2D eigenvalue weighted by Crippen LogP contribution is 2.26. The number of carbonyl (C=O) groups is 1. The number of hydrogen-bond donors (Lipinski definition) is 1. The number of likely N-dealkylation sites (tertiary alicyclic amines) is 1. The van der Waals surface area contributed by atoms with Crippen LogP contribution in [0.2, 0.25) is 5.02 Å². The maximum atomic E-state index is 12.5. The van der Waals surface area contributed by atoms with Gasteiger partial charge in [-0.15, -0.1) is 0 Å². The Labute approximate surface area is 145 Å². The van der Waals surface area contributed by atoms with Crippen LogP contribution in [0.15, 0.2) is 48.8 Å². The van der Waals surface area contributed by atoms with Crippen molar-refractivity contribution in [2.75, 3.05) is 13.1 Å². The molecule has 2 unspecified atom stereocenters. The second kappa shape index (κ2) is 7.64. The van der Waals surface area contributed by atoms with Crippen LogP contribution in [0.4, 0.5) is 0 Å². The van der Waals surface area contributed by atoms with E-state index in [1.54, 1.807) is 41.4 Å². The van der Waals surface area contributed by atoms with E-state index < -0.39 is 6.10 Å². The van der Waals surface area contributed by atoms with E-state index in [1.165, 1.54) is 6.20 Å². The number of ether oxygens (including phenoxy) is 1. The monoisotopic (exact) mass is 346 g/mol. The fourth-order valence-electron chi connectivity index (χ4n) is 2.82. The lowest BCUT2D eigenvalue weighted by Crippen LogP contribution is -2.46. The summed E-state index contributed by atoms with van der Waals surface area (Å²) in [5.74, 6) is 0.268. The summed E-state index contributed by atoms with van der Waals surface area (Å²) >= 11 is 6.06. The number of benzene rings is 1. The number of rotatable bonds is 4. The van der Waals surface area contributed by atoms with Crippen molar-refractivity contribution >= 4 is 17.5 Å². The van der Waals surface area contributed by atoms with Gasteiger partial charge in [0.15, 0.2) is 6.10 Å². The van der Waals surface area contributed by atoms with Crippen LogP contribution in [0.25, 0.3) is 0 Å². The van der Waals surface area contributed by atoms with E-state index in [9.17, 15) is 9.90 Å². The largest absolute Gasteiger partial charge is 0.487 e. The molecule has 2 aromatic rings. The molecule has 0 bridgehead atoms.